The van der Waals surface area contributed by atoms with E-state index in [9.17, 15) is 18.0 Å². The Morgan fingerprint density at radius 1 is 1.18 bits per heavy atom. The van der Waals surface area contributed by atoms with Crippen LogP contribution in [-0.4, -0.2) is 61.2 Å². The molecule has 0 radical (unpaired) electrons. The van der Waals surface area contributed by atoms with Gasteiger partial charge in [-0.1, -0.05) is 12.8 Å². The van der Waals surface area contributed by atoms with Gasteiger partial charge in [-0.2, -0.15) is 4.31 Å². The van der Waals surface area contributed by atoms with Crippen molar-refractivity contribution in [2.75, 3.05) is 26.2 Å². The summed E-state index contributed by atoms with van der Waals surface area (Å²) in [6.07, 6.45) is 3.60. The largest absolute Gasteiger partial charge is 0.438 e. The molecule has 158 valence electrons. The lowest BCUT2D eigenvalue weighted by Crippen LogP contribution is -2.57. The molecule has 2 unspecified atom stereocenters. The van der Waals surface area contributed by atoms with Crippen LogP contribution < -0.4 is 11.5 Å². The summed E-state index contributed by atoms with van der Waals surface area (Å²) in [5.74, 6) is -1.26. The summed E-state index contributed by atoms with van der Waals surface area (Å²) in [5.41, 5.74) is 10.9. The molecule has 2 atom stereocenters. The van der Waals surface area contributed by atoms with Crippen molar-refractivity contribution in [2.24, 2.45) is 17.4 Å². The molecule has 3 rings (SSSR count). The molecular weight excluding hydrogens is 408 g/mol. The van der Waals surface area contributed by atoms with E-state index in [4.69, 9.17) is 15.9 Å². The first kappa shape index (κ1) is 22.7. The molecule has 2 heterocycles. The first-order valence-electron chi connectivity index (χ1n) is 9.10. The maximum Gasteiger partial charge on any atom is 0.284 e. The molecule has 1 aliphatic heterocycles. The van der Waals surface area contributed by atoms with Gasteiger partial charge in [0.2, 0.25) is 11.0 Å². The van der Waals surface area contributed by atoms with Crippen LogP contribution in [0.4, 0.5) is 0 Å². The second-order valence-corrected chi connectivity index (χ2v) is 9.39. The van der Waals surface area contributed by atoms with E-state index in [1.54, 1.807) is 4.90 Å². The number of piperazine rings is 1. The van der Waals surface area contributed by atoms with Crippen molar-refractivity contribution >= 4 is 34.2 Å². The quantitative estimate of drug-likeness (QED) is 0.708. The number of furan rings is 1. The summed E-state index contributed by atoms with van der Waals surface area (Å²) < 4.78 is 31.6. The molecule has 0 aromatic carbocycles. The average molecular weight is 435 g/mol. The van der Waals surface area contributed by atoms with E-state index in [1.807, 2.05) is 6.92 Å². The molecule has 2 amide bonds. The minimum absolute atomic E-state index is 0. The van der Waals surface area contributed by atoms with Gasteiger partial charge in [-0.25, -0.2) is 8.42 Å². The van der Waals surface area contributed by atoms with Crippen LogP contribution >= 0.6 is 12.4 Å². The van der Waals surface area contributed by atoms with Crippen molar-refractivity contribution in [1.82, 2.24) is 9.21 Å². The Balaban J connectivity index is 0.00000280. The zero-order chi connectivity index (χ0) is 19.8. The monoisotopic (exact) mass is 434 g/mol. The number of sulfonamides is 1. The normalized spacial score (nSPS) is 26.5. The third kappa shape index (κ3) is 4.35. The lowest BCUT2D eigenvalue weighted by molar-refractivity contribution is -0.140. The standard InChI is InChI=1S/C17H26N4O5S.ClH/c1-17(19)7-3-2-4-12(17)16(23)20-8-10-21(11-9-20)27(24,25)14-6-5-13(26-14)15(18)22;/h5-6,12H,2-4,7-11,19H2,1H3,(H2,18,22);1H. The summed E-state index contributed by atoms with van der Waals surface area (Å²) in [4.78, 5) is 25.7. The summed E-state index contributed by atoms with van der Waals surface area (Å²) in [6, 6.07) is 2.45. The fraction of sp³-hybridized carbons (Fsp3) is 0.647. The molecule has 1 saturated carbocycles. The van der Waals surface area contributed by atoms with Crippen LogP contribution in [0.15, 0.2) is 21.6 Å². The molecule has 9 nitrogen and oxygen atoms in total. The highest BCUT2D eigenvalue weighted by Gasteiger charge is 2.41. The summed E-state index contributed by atoms with van der Waals surface area (Å²) in [7, 11) is -3.88. The Morgan fingerprint density at radius 3 is 2.36 bits per heavy atom. The molecule has 2 aliphatic rings. The Morgan fingerprint density at radius 2 is 1.82 bits per heavy atom. The Bertz CT molecular complexity index is 830. The molecule has 1 saturated heterocycles. The van der Waals surface area contributed by atoms with Gasteiger partial charge in [0, 0.05) is 31.7 Å². The number of nitrogens with two attached hydrogens (primary N) is 2. The Hall–Kier alpha value is -1.62. The molecule has 11 heteroatoms. The Labute approximate surface area is 170 Å². The van der Waals surface area contributed by atoms with Crippen LogP contribution in [0, 0.1) is 5.92 Å². The van der Waals surface area contributed by atoms with Gasteiger partial charge in [0.05, 0.1) is 5.92 Å². The third-order valence-corrected chi connectivity index (χ3v) is 7.29. The van der Waals surface area contributed by atoms with Crippen molar-refractivity contribution in [3.63, 3.8) is 0 Å². The molecule has 1 aliphatic carbocycles. The number of hydrogen-bond donors (Lipinski definition) is 2. The van der Waals surface area contributed by atoms with Gasteiger partial charge < -0.3 is 20.8 Å². The van der Waals surface area contributed by atoms with Crippen molar-refractivity contribution < 1.29 is 22.4 Å². The maximum absolute atomic E-state index is 12.9. The van der Waals surface area contributed by atoms with E-state index in [-0.39, 0.29) is 48.2 Å². The van der Waals surface area contributed by atoms with E-state index in [1.165, 1.54) is 16.4 Å². The van der Waals surface area contributed by atoms with Crippen molar-refractivity contribution in [3.8, 4) is 0 Å². The molecule has 4 N–H and O–H groups in total. The van der Waals surface area contributed by atoms with Gasteiger partial charge in [0.1, 0.15) is 0 Å². The molecule has 0 bridgehead atoms. The summed E-state index contributed by atoms with van der Waals surface area (Å²) >= 11 is 0. The zero-order valence-electron chi connectivity index (χ0n) is 15.8. The van der Waals surface area contributed by atoms with E-state index in [0.717, 1.165) is 25.7 Å². The van der Waals surface area contributed by atoms with Crippen molar-refractivity contribution in [3.05, 3.63) is 17.9 Å². The molecule has 28 heavy (non-hydrogen) atoms. The fourth-order valence-corrected chi connectivity index (χ4v) is 5.19. The number of nitrogens with zero attached hydrogens (tertiary/aromatic N) is 2. The van der Waals surface area contributed by atoms with Crippen LogP contribution in [0.2, 0.25) is 0 Å². The first-order chi connectivity index (χ1) is 12.6. The zero-order valence-corrected chi connectivity index (χ0v) is 17.4. The molecule has 0 spiro atoms. The van der Waals surface area contributed by atoms with Crippen LogP contribution in [0.25, 0.3) is 0 Å². The maximum atomic E-state index is 12.9. The second-order valence-electron chi connectivity index (χ2n) is 7.52. The predicted octanol–water partition coefficient (Wildman–Crippen LogP) is 0.541. The number of hydrogen-bond acceptors (Lipinski definition) is 6. The van der Waals surface area contributed by atoms with E-state index >= 15 is 0 Å². The predicted molar refractivity (Wildman–Crippen MR) is 104 cm³/mol. The highest BCUT2D eigenvalue weighted by atomic mass is 35.5. The summed E-state index contributed by atoms with van der Waals surface area (Å²) in [6.45, 7) is 2.84. The molecular formula is C17H27ClN4O5S. The van der Waals surface area contributed by atoms with Gasteiger partial charge in [0.15, 0.2) is 5.76 Å². The van der Waals surface area contributed by atoms with Gasteiger partial charge >= 0.3 is 0 Å². The molecule has 1 aromatic rings. The highest BCUT2D eigenvalue weighted by Crippen LogP contribution is 2.33. The fourth-order valence-electron chi connectivity index (χ4n) is 3.85. The average Bonchev–Trinajstić information content (AvgIpc) is 3.12. The summed E-state index contributed by atoms with van der Waals surface area (Å²) in [5, 5.41) is -0.321. The Kier molecular flexibility index (Phi) is 6.80. The van der Waals surface area contributed by atoms with Crippen LogP contribution in [0.5, 0.6) is 0 Å². The van der Waals surface area contributed by atoms with E-state index in [2.05, 4.69) is 0 Å². The van der Waals surface area contributed by atoms with E-state index < -0.39 is 21.5 Å². The van der Waals surface area contributed by atoms with Gasteiger partial charge in [-0.3, -0.25) is 9.59 Å². The topological polar surface area (TPSA) is 140 Å². The second kappa shape index (κ2) is 8.40. The van der Waals surface area contributed by atoms with Crippen molar-refractivity contribution in [2.45, 2.75) is 43.2 Å². The van der Waals surface area contributed by atoms with Gasteiger partial charge in [0.25, 0.3) is 15.9 Å². The minimum Gasteiger partial charge on any atom is -0.438 e. The van der Waals surface area contributed by atoms with Crippen LogP contribution in [0.1, 0.15) is 43.2 Å². The number of halogens is 1. The first-order valence-corrected chi connectivity index (χ1v) is 10.5. The number of rotatable bonds is 4. The SMILES string of the molecule is CC1(N)CCCCC1C(=O)N1CCN(S(=O)(=O)c2ccc(C(N)=O)o2)CC1.Cl. The van der Waals surface area contributed by atoms with Crippen LogP contribution in [0.3, 0.4) is 0 Å². The lowest BCUT2D eigenvalue weighted by atomic mass is 9.74. The molecule has 1 aromatic heterocycles. The van der Waals surface area contributed by atoms with E-state index in [0.29, 0.717) is 13.1 Å². The smallest absolute Gasteiger partial charge is 0.284 e. The number of primary amides is 1. The van der Waals surface area contributed by atoms with Crippen molar-refractivity contribution in [1.29, 1.82) is 0 Å². The lowest BCUT2D eigenvalue weighted by Gasteiger charge is -2.42. The van der Waals surface area contributed by atoms with Gasteiger partial charge in [-0.15, -0.1) is 12.4 Å². The minimum atomic E-state index is -3.88. The van der Waals surface area contributed by atoms with Gasteiger partial charge in [-0.05, 0) is 31.9 Å². The number of carbonyl (C=O) groups is 2. The van der Waals surface area contributed by atoms with Crippen LogP contribution in [-0.2, 0) is 14.8 Å². The number of amides is 2. The molecule has 2 fully saturated rings. The highest BCUT2D eigenvalue weighted by molar-refractivity contribution is 7.89. The number of carbonyl (C=O) groups excluding carboxylic acids is 2. The third-order valence-electron chi connectivity index (χ3n) is 5.52.